The van der Waals surface area contributed by atoms with Crippen molar-refractivity contribution in [1.29, 1.82) is 0 Å². The highest BCUT2D eigenvalue weighted by Crippen LogP contribution is 2.52. The van der Waals surface area contributed by atoms with Gasteiger partial charge in [0.15, 0.2) is 0 Å². The summed E-state index contributed by atoms with van der Waals surface area (Å²) in [5.41, 5.74) is 0. The Morgan fingerprint density at radius 2 is 1.00 bits per heavy atom. The maximum absolute atomic E-state index is 12.3. The summed E-state index contributed by atoms with van der Waals surface area (Å²) in [6.07, 6.45) is 16.5. The average Bonchev–Trinajstić information content (AvgIpc) is 3.23. The van der Waals surface area contributed by atoms with Crippen molar-refractivity contribution in [2.45, 2.75) is 77.0 Å². The van der Waals surface area contributed by atoms with Gasteiger partial charge in [0.2, 0.25) is 0 Å². The molecular formula is C17H28O. The van der Waals surface area contributed by atoms with Gasteiger partial charge in [-0.2, -0.15) is 0 Å². The second-order valence-corrected chi connectivity index (χ2v) is 7.01. The lowest BCUT2D eigenvalue weighted by atomic mass is 10.0. The standard InChI is InChI=1S/C17H28O/c18-17-15-11-13(15)9-7-5-3-1-2-4-6-8-10-14-12-16(14)17/h13-16H,1-12H2/t13-,14+,15-,16+. The fraction of sp³-hybridized carbons (Fsp3) is 0.941. The molecule has 3 saturated carbocycles. The van der Waals surface area contributed by atoms with E-state index in [1.54, 1.807) is 0 Å². The molecule has 1 nitrogen and oxygen atoms in total. The molecule has 18 heavy (non-hydrogen) atoms. The monoisotopic (exact) mass is 248 g/mol. The largest absolute Gasteiger partial charge is 0.299 e. The predicted octanol–water partition coefficient (Wildman–Crippen LogP) is 4.74. The molecule has 0 aromatic rings. The van der Waals surface area contributed by atoms with Gasteiger partial charge in [-0.1, -0.05) is 51.4 Å². The third-order valence-electron chi connectivity index (χ3n) is 5.48. The van der Waals surface area contributed by atoms with E-state index in [1.165, 1.54) is 77.0 Å². The van der Waals surface area contributed by atoms with E-state index in [1.807, 2.05) is 0 Å². The molecule has 3 rings (SSSR count). The van der Waals surface area contributed by atoms with Crippen LogP contribution in [0.25, 0.3) is 0 Å². The maximum atomic E-state index is 12.3. The molecule has 0 N–H and O–H groups in total. The van der Waals surface area contributed by atoms with Crippen molar-refractivity contribution in [3.63, 3.8) is 0 Å². The minimum atomic E-state index is 0.505. The molecule has 0 amide bonds. The summed E-state index contributed by atoms with van der Waals surface area (Å²) in [4.78, 5) is 12.3. The Balaban J connectivity index is 1.48. The van der Waals surface area contributed by atoms with Gasteiger partial charge in [-0.3, -0.25) is 4.79 Å². The van der Waals surface area contributed by atoms with Gasteiger partial charge < -0.3 is 0 Å². The Labute approximate surface area is 112 Å². The van der Waals surface area contributed by atoms with Gasteiger partial charge in [-0.25, -0.2) is 0 Å². The van der Waals surface area contributed by atoms with Gasteiger partial charge in [-0.05, 0) is 37.5 Å². The van der Waals surface area contributed by atoms with Gasteiger partial charge in [0.1, 0.15) is 5.78 Å². The maximum Gasteiger partial charge on any atom is 0.139 e. The Hall–Kier alpha value is -0.330. The summed E-state index contributed by atoms with van der Waals surface area (Å²) in [5, 5.41) is 0. The molecule has 4 atom stereocenters. The van der Waals surface area contributed by atoms with Crippen LogP contribution in [-0.2, 0) is 4.79 Å². The van der Waals surface area contributed by atoms with Crippen molar-refractivity contribution in [2.24, 2.45) is 23.7 Å². The molecule has 0 heterocycles. The zero-order valence-corrected chi connectivity index (χ0v) is 11.7. The summed E-state index contributed by atoms with van der Waals surface area (Å²) in [7, 11) is 0. The molecule has 0 aromatic carbocycles. The summed E-state index contributed by atoms with van der Waals surface area (Å²) >= 11 is 0. The van der Waals surface area contributed by atoms with E-state index >= 15 is 0 Å². The first-order valence-corrected chi connectivity index (χ1v) is 8.40. The number of carbonyl (C=O) groups excluding carboxylic acids is 1. The summed E-state index contributed by atoms with van der Waals surface area (Å²) in [6.45, 7) is 0. The molecule has 0 aliphatic heterocycles. The topological polar surface area (TPSA) is 17.1 Å². The van der Waals surface area contributed by atoms with Gasteiger partial charge >= 0.3 is 0 Å². The molecule has 1 heteroatoms. The number of hydrogen-bond acceptors (Lipinski definition) is 1. The van der Waals surface area contributed by atoms with Crippen molar-refractivity contribution < 1.29 is 4.79 Å². The summed E-state index contributed by atoms with van der Waals surface area (Å²) < 4.78 is 0. The van der Waals surface area contributed by atoms with Gasteiger partial charge in [0.05, 0.1) is 0 Å². The normalized spacial score (nSPS) is 42.1. The number of ketones is 1. The van der Waals surface area contributed by atoms with Crippen molar-refractivity contribution in [2.75, 3.05) is 0 Å². The highest BCUT2D eigenvalue weighted by molar-refractivity contribution is 5.88. The minimum absolute atomic E-state index is 0.505. The van der Waals surface area contributed by atoms with Crippen LogP contribution in [0.15, 0.2) is 0 Å². The third-order valence-corrected chi connectivity index (χ3v) is 5.48. The zero-order valence-electron chi connectivity index (χ0n) is 11.7. The first kappa shape index (κ1) is 12.7. The van der Waals surface area contributed by atoms with Gasteiger partial charge in [0, 0.05) is 11.8 Å². The fourth-order valence-corrected chi connectivity index (χ4v) is 3.98. The summed E-state index contributed by atoms with van der Waals surface area (Å²) in [6, 6.07) is 0. The lowest BCUT2D eigenvalue weighted by Crippen LogP contribution is -2.07. The van der Waals surface area contributed by atoms with Crippen LogP contribution in [-0.4, -0.2) is 5.78 Å². The number of hydrogen-bond donors (Lipinski definition) is 0. The quantitative estimate of drug-likeness (QED) is 0.605. The van der Waals surface area contributed by atoms with E-state index in [-0.39, 0.29) is 0 Å². The third kappa shape index (κ3) is 3.16. The second-order valence-electron chi connectivity index (χ2n) is 7.01. The minimum Gasteiger partial charge on any atom is -0.299 e. The molecule has 0 unspecified atom stereocenters. The van der Waals surface area contributed by atoms with Crippen LogP contribution in [0.1, 0.15) is 77.0 Å². The molecule has 0 saturated heterocycles. The molecule has 102 valence electrons. The molecule has 0 bridgehead atoms. The second kappa shape index (κ2) is 5.75. The Morgan fingerprint density at radius 1 is 0.611 bits per heavy atom. The SMILES string of the molecule is O=C1[C@H]2C[C@@H]2CCCCCCCCCC[C@@H]2C[C@@H]12. The number of rotatable bonds is 0. The smallest absolute Gasteiger partial charge is 0.139 e. The predicted molar refractivity (Wildman–Crippen MR) is 74.4 cm³/mol. The molecule has 0 spiro atoms. The van der Waals surface area contributed by atoms with E-state index in [0.717, 1.165) is 11.8 Å². The van der Waals surface area contributed by atoms with Crippen LogP contribution in [0.3, 0.4) is 0 Å². The van der Waals surface area contributed by atoms with Crippen LogP contribution in [0.4, 0.5) is 0 Å². The van der Waals surface area contributed by atoms with Gasteiger partial charge in [-0.15, -0.1) is 0 Å². The van der Waals surface area contributed by atoms with E-state index in [4.69, 9.17) is 0 Å². The first-order chi connectivity index (χ1) is 8.86. The van der Waals surface area contributed by atoms with E-state index in [2.05, 4.69) is 0 Å². The summed E-state index contributed by atoms with van der Waals surface area (Å²) in [5.74, 6) is 3.27. The number of fused-ring (bicyclic) bond motifs is 2. The fourth-order valence-electron chi connectivity index (χ4n) is 3.98. The Kier molecular flexibility index (Phi) is 4.06. The van der Waals surface area contributed by atoms with Crippen LogP contribution in [0, 0.1) is 23.7 Å². The molecule has 3 fully saturated rings. The molecule has 0 radical (unpaired) electrons. The van der Waals surface area contributed by atoms with Crippen LogP contribution in [0.2, 0.25) is 0 Å². The lowest BCUT2D eigenvalue weighted by Gasteiger charge is -2.02. The van der Waals surface area contributed by atoms with Gasteiger partial charge in [0.25, 0.3) is 0 Å². The first-order valence-electron chi connectivity index (χ1n) is 8.40. The number of carbonyl (C=O) groups is 1. The molecule has 0 aromatic heterocycles. The Bertz CT molecular complexity index is 268. The average molecular weight is 248 g/mol. The van der Waals surface area contributed by atoms with Crippen molar-refractivity contribution in [3.05, 3.63) is 0 Å². The lowest BCUT2D eigenvalue weighted by molar-refractivity contribution is -0.122. The Morgan fingerprint density at radius 3 is 1.44 bits per heavy atom. The van der Waals surface area contributed by atoms with E-state index in [0.29, 0.717) is 17.6 Å². The van der Waals surface area contributed by atoms with Crippen molar-refractivity contribution in [1.82, 2.24) is 0 Å². The molecule has 3 aliphatic carbocycles. The van der Waals surface area contributed by atoms with Crippen molar-refractivity contribution in [3.8, 4) is 0 Å². The molecular weight excluding hydrogens is 220 g/mol. The highest BCUT2D eigenvalue weighted by Gasteiger charge is 2.51. The number of Topliss-reactive ketones (excluding diaryl/α,β-unsaturated/α-hetero) is 1. The zero-order chi connectivity index (χ0) is 12.4. The van der Waals surface area contributed by atoms with E-state index < -0.39 is 0 Å². The van der Waals surface area contributed by atoms with E-state index in [9.17, 15) is 4.79 Å². The van der Waals surface area contributed by atoms with Crippen LogP contribution < -0.4 is 0 Å². The van der Waals surface area contributed by atoms with Crippen LogP contribution in [0.5, 0.6) is 0 Å². The molecule has 3 aliphatic rings. The highest BCUT2D eigenvalue weighted by atomic mass is 16.1. The van der Waals surface area contributed by atoms with Crippen LogP contribution >= 0.6 is 0 Å². The van der Waals surface area contributed by atoms with Crippen molar-refractivity contribution >= 4 is 5.78 Å².